The molecule has 268 valence electrons. The third-order valence-electron chi connectivity index (χ3n) is 9.17. The van der Waals surface area contributed by atoms with E-state index in [0.29, 0.717) is 72.9 Å². The van der Waals surface area contributed by atoms with Crippen LogP contribution in [-0.2, 0) is 16.0 Å². The van der Waals surface area contributed by atoms with Gasteiger partial charge in [0, 0.05) is 81.6 Å². The van der Waals surface area contributed by atoms with E-state index < -0.39 is 5.60 Å². The Morgan fingerprint density at radius 1 is 0.981 bits per heavy atom. The number of likely N-dealkylation sites (tertiary alicyclic amines) is 1. The summed E-state index contributed by atoms with van der Waals surface area (Å²) in [6.45, 7) is 10.6. The number of anilines is 3. The van der Waals surface area contributed by atoms with Crippen molar-refractivity contribution in [3.8, 4) is 28.5 Å². The van der Waals surface area contributed by atoms with Crippen molar-refractivity contribution in [2.45, 2.75) is 39.7 Å². The predicted molar refractivity (Wildman–Crippen MR) is 196 cm³/mol. The fraction of sp³-hybridized carbons (Fsp3) is 0.378. The maximum Gasteiger partial charge on any atom is 0.410 e. The quantitative estimate of drug-likeness (QED) is 0.204. The van der Waals surface area contributed by atoms with E-state index in [2.05, 4.69) is 20.9 Å². The summed E-state index contributed by atoms with van der Waals surface area (Å²) in [4.78, 5) is 52.3. The average molecular weight is 723 g/mol. The number of amides is 2. The van der Waals surface area contributed by atoms with E-state index in [9.17, 15) is 19.2 Å². The first-order valence-corrected chi connectivity index (χ1v) is 18.0. The highest BCUT2D eigenvalue weighted by molar-refractivity contribution is 7.16. The number of imidazole rings is 1. The monoisotopic (exact) mass is 722 g/mol. The summed E-state index contributed by atoms with van der Waals surface area (Å²) in [6.07, 6.45) is 5.90. The van der Waals surface area contributed by atoms with Crippen molar-refractivity contribution in [1.29, 1.82) is 5.26 Å². The highest BCUT2D eigenvalue weighted by atomic mass is 32.1. The molecule has 0 radical (unpaired) electrons. The molecule has 15 heteroatoms. The number of halogens is 1. The van der Waals surface area contributed by atoms with Crippen molar-refractivity contribution in [3.63, 3.8) is 0 Å². The molecule has 0 N–H and O–H groups in total. The summed E-state index contributed by atoms with van der Waals surface area (Å²) in [5, 5.41) is 10.5. The number of hydrogen-bond donors (Lipinski definition) is 0. The third-order valence-corrected chi connectivity index (χ3v) is 10.2. The second kappa shape index (κ2) is 13.8. The number of hydrogen-bond acceptors (Lipinski definition) is 11. The van der Waals surface area contributed by atoms with Gasteiger partial charge < -0.3 is 24.3 Å². The number of nitrogens with zero attached hydrogens (tertiary/aromatic N) is 10. The number of pyridine rings is 1. The Morgan fingerprint density at radius 2 is 1.65 bits per heavy atom. The second-order valence-electron chi connectivity index (χ2n) is 13.9. The standard InChI is InChI=1S/C37H39FN10O3S/c1-6-28-32(44(5)35-43-31(29(17-39)52-35)23-7-10-27(38)11-8-23)48-22-24(9-12-30(48)42-28)25-18-40-34(41-19-25)46-15-13-45(14-16-46)33(49)26-20-47(21-26)36(50)51-37(2,3)4/h7-12,18-19,22,26H,6,13-16,20-21H2,1-5H3. The van der Waals surface area contributed by atoms with Crippen molar-refractivity contribution in [2.75, 3.05) is 56.1 Å². The van der Waals surface area contributed by atoms with Gasteiger partial charge in [-0.1, -0.05) is 18.3 Å². The molecule has 2 aliphatic rings. The maximum absolute atomic E-state index is 13.6. The first kappa shape index (κ1) is 34.8. The summed E-state index contributed by atoms with van der Waals surface area (Å²) in [6, 6.07) is 12.2. The van der Waals surface area contributed by atoms with Gasteiger partial charge in [0.05, 0.1) is 11.6 Å². The number of thiazole rings is 1. The molecule has 4 aromatic heterocycles. The lowest BCUT2D eigenvalue weighted by molar-refractivity contribution is -0.140. The van der Waals surface area contributed by atoms with E-state index >= 15 is 0 Å². The second-order valence-corrected chi connectivity index (χ2v) is 14.9. The fourth-order valence-corrected chi connectivity index (χ4v) is 7.24. The molecule has 0 bridgehead atoms. The number of rotatable bonds is 7. The van der Waals surface area contributed by atoms with Crippen LogP contribution < -0.4 is 9.80 Å². The molecule has 13 nitrogen and oxygen atoms in total. The van der Waals surface area contributed by atoms with Crippen LogP contribution in [0.1, 0.15) is 38.3 Å². The summed E-state index contributed by atoms with van der Waals surface area (Å²) < 4.78 is 21.0. The smallest absolute Gasteiger partial charge is 0.410 e. The SMILES string of the molecule is CCc1nc2ccc(-c3cnc(N4CCN(C(=O)C5CN(C(=O)OC(C)(C)C)C5)CC4)nc3)cn2c1N(C)c1nc(-c2ccc(F)cc2)c(C#N)s1. The van der Waals surface area contributed by atoms with E-state index in [1.54, 1.807) is 29.4 Å². The van der Waals surface area contributed by atoms with Gasteiger partial charge >= 0.3 is 6.09 Å². The zero-order chi connectivity index (χ0) is 36.7. The number of carbonyl (C=O) groups is 2. The van der Waals surface area contributed by atoms with Gasteiger partial charge in [0.15, 0.2) is 5.13 Å². The van der Waals surface area contributed by atoms with Gasteiger partial charge in [0.25, 0.3) is 0 Å². The topological polar surface area (TPSA) is 136 Å². The first-order chi connectivity index (χ1) is 24.9. The zero-order valence-electron chi connectivity index (χ0n) is 29.7. The van der Waals surface area contributed by atoms with Crippen molar-refractivity contribution >= 4 is 45.9 Å². The molecule has 2 amide bonds. The number of nitriles is 1. The Kier molecular flexibility index (Phi) is 9.26. The minimum Gasteiger partial charge on any atom is -0.444 e. The van der Waals surface area contributed by atoms with Crippen LogP contribution in [0.2, 0.25) is 0 Å². The highest BCUT2D eigenvalue weighted by Gasteiger charge is 2.40. The van der Waals surface area contributed by atoms with Gasteiger partial charge in [0.1, 0.15) is 39.5 Å². The minimum atomic E-state index is -0.567. The molecule has 0 unspecified atom stereocenters. The van der Waals surface area contributed by atoms with Crippen LogP contribution in [0.15, 0.2) is 55.0 Å². The Labute approximate surface area is 304 Å². The van der Waals surface area contributed by atoms with Crippen LogP contribution in [0.25, 0.3) is 28.0 Å². The Balaban J connectivity index is 1.03. The van der Waals surface area contributed by atoms with E-state index in [0.717, 1.165) is 28.3 Å². The molecular formula is C37H39FN10O3S. The van der Waals surface area contributed by atoms with Crippen LogP contribution in [0.5, 0.6) is 0 Å². The molecule has 0 atom stereocenters. The average Bonchev–Trinajstić information content (AvgIpc) is 3.72. The number of aromatic nitrogens is 5. The van der Waals surface area contributed by atoms with Crippen molar-refractivity contribution in [1.82, 2.24) is 34.1 Å². The van der Waals surface area contributed by atoms with E-state index in [-0.39, 0.29) is 23.7 Å². The van der Waals surface area contributed by atoms with Gasteiger partial charge in [-0.3, -0.25) is 9.20 Å². The van der Waals surface area contributed by atoms with Gasteiger partial charge in [-0.05, 0) is 63.6 Å². The third kappa shape index (κ3) is 6.85. The summed E-state index contributed by atoms with van der Waals surface area (Å²) in [7, 11) is 1.90. The summed E-state index contributed by atoms with van der Waals surface area (Å²) in [5.74, 6) is 0.938. The van der Waals surface area contributed by atoms with Gasteiger partial charge in [-0.2, -0.15) is 5.26 Å². The number of carbonyl (C=O) groups excluding carboxylic acids is 2. The highest BCUT2D eigenvalue weighted by Crippen LogP contribution is 2.37. The van der Waals surface area contributed by atoms with Crippen LogP contribution in [0.4, 0.5) is 26.1 Å². The normalized spacial score (nSPS) is 15.1. The summed E-state index contributed by atoms with van der Waals surface area (Å²) >= 11 is 1.27. The Morgan fingerprint density at radius 3 is 2.29 bits per heavy atom. The van der Waals surface area contributed by atoms with Crippen molar-refractivity contribution < 1.29 is 18.7 Å². The molecule has 1 aromatic carbocycles. The van der Waals surface area contributed by atoms with Gasteiger partial charge in [-0.15, -0.1) is 0 Å². The van der Waals surface area contributed by atoms with Crippen LogP contribution in [0.3, 0.4) is 0 Å². The molecule has 2 fully saturated rings. The summed E-state index contributed by atoms with van der Waals surface area (Å²) in [5.41, 5.74) is 3.99. The largest absolute Gasteiger partial charge is 0.444 e. The van der Waals surface area contributed by atoms with E-state index in [4.69, 9.17) is 14.7 Å². The van der Waals surface area contributed by atoms with Crippen molar-refractivity contribution in [2.24, 2.45) is 5.92 Å². The fourth-order valence-electron chi connectivity index (χ4n) is 6.40. The van der Waals surface area contributed by atoms with Crippen LogP contribution in [-0.4, -0.2) is 98.1 Å². The molecule has 6 heterocycles. The lowest BCUT2D eigenvalue weighted by atomic mass is 9.98. The Hall–Kier alpha value is -5.62. The van der Waals surface area contributed by atoms with E-state index in [1.807, 2.05) is 67.3 Å². The van der Waals surface area contributed by atoms with Crippen LogP contribution in [0, 0.1) is 23.1 Å². The minimum absolute atomic E-state index is 0.0653. The molecule has 0 saturated carbocycles. The molecule has 2 saturated heterocycles. The molecule has 5 aromatic rings. The number of ether oxygens (including phenoxy) is 1. The maximum atomic E-state index is 13.6. The van der Waals surface area contributed by atoms with Crippen molar-refractivity contribution in [3.05, 3.63) is 71.4 Å². The lowest BCUT2D eigenvalue weighted by Crippen LogP contribution is -2.59. The number of fused-ring (bicyclic) bond motifs is 1. The number of benzene rings is 1. The molecule has 7 rings (SSSR count). The zero-order valence-corrected chi connectivity index (χ0v) is 30.5. The number of aryl methyl sites for hydroxylation is 1. The first-order valence-electron chi connectivity index (χ1n) is 17.2. The molecule has 2 aliphatic heterocycles. The van der Waals surface area contributed by atoms with E-state index in [1.165, 1.54) is 23.5 Å². The van der Waals surface area contributed by atoms with Gasteiger partial charge in [-0.25, -0.2) is 29.1 Å². The molecule has 0 aliphatic carbocycles. The molecule has 52 heavy (non-hydrogen) atoms. The predicted octanol–water partition coefficient (Wildman–Crippen LogP) is 5.77. The molecule has 0 spiro atoms. The van der Waals surface area contributed by atoms with Gasteiger partial charge in [0.2, 0.25) is 11.9 Å². The molecular weight excluding hydrogens is 684 g/mol. The Bertz CT molecular complexity index is 2160. The lowest BCUT2D eigenvalue weighted by Gasteiger charge is -2.42. The van der Waals surface area contributed by atoms with Crippen LogP contribution >= 0.6 is 11.3 Å². The number of piperazine rings is 1.